The molecule has 1 aromatic carbocycles. The fraction of sp³-hybridized carbons (Fsp3) is 0.524. The first kappa shape index (κ1) is 19.1. The number of aromatic nitrogens is 3. The van der Waals surface area contributed by atoms with Crippen LogP contribution in [0.15, 0.2) is 28.8 Å². The van der Waals surface area contributed by atoms with E-state index >= 15 is 0 Å². The number of hydrogen-bond donors (Lipinski definition) is 0. The Morgan fingerprint density at radius 1 is 1.21 bits per heavy atom. The van der Waals surface area contributed by atoms with Gasteiger partial charge in [-0.15, -0.1) is 11.3 Å². The molecule has 0 N–H and O–H groups in total. The van der Waals surface area contributed by atoms with Crippen LogP contribution in [-0.4, -0.2) is 39.0 Å². The number of carbonyl (C=O) groups excluding carboxylic acids is 1. The summed E-state index contributed by atoms with van der Waals surface area (Å²) in [6, 6.07) is 8.29. The first-order valence-corrected chi connectivity index (χ1v) is 11.0. The van der Waals surface area contributed by atoms with Crippen molar-refractivity contribution < 1.29 is 9.32 Å². The van der Waals surface area contributed by atoms with Crippen LogP contribution in [0.25, 0.3) is 10.2 Å². The number of fused-ring (bicyclic) bond motifs is 1. The van der Waals surface area contributed by atoms with Crippen LogP contribution in [0.3, 0.4) is 0 Å². The molecule has 0 bridgehead atoms. The van der Waals surface area contributed by atoms with Crippen LogP contribution in [0.1, 0.15) is 61.7 Å². The third-order valence-corrected chi connectivity index (χ3v) is 6.47. The van der Waals surface area contributed by atoms with Gasteiger partial charge in [-0.05, 0) is 37.8 Å². The summed E-state index contributed by atoms with van der Waals surface area (Å²) in [5.74, 6) is 2.11. The lowest BCUT2D eigenvalue weighted by Crippen LogP contribution is -2.37. The summed E-state index contributed by atoms with van der Waals surface area (Å²) >= 11 is 1.79. The van der Waals surface area contributed by atoms with Gasteiger partial charge in [-0.2, -0.15) is 4.98 Å². The number of nitrogens with zero attached hydrogens (tertiary/aromatic N) is 4. The molecule has 1 amide bonds. The topological polar surface area (TPSA) is 72.1 Å². The Bertz CT molecular complexity index is 894. The molecule has 28 heavy (non-hydrogen) atoms. The predicted octanol–water partition coefficient (Wildman–Crippen LogP) is 4.36. The van der Waals surface area contributed by atoms with Crippen molar-refractivity contribution in [3.8, 4) is 0 Å². The third-order valence-electron chi connectivity index (χ3n) is 5.27. The number of para-hydroxylation sites is 1. The van der Waals surface area contributed by atoms with Crippen molar-refractivity contribution >= 4 is 27.5 Å². The van der Waals surface area contributed by atoms with E-state index in [1.807, 2.05) is 11.0 Å². The van der Waals surface area contributed by atoms with Crippen molar-refractivity contribution in [1.29, 1.82) is 0 Å². The summed E-state index contributed by atoms with van der Waals surface area (Å²) < 4.78 is 6.49. The maximum Gasteiger partial charge on any atom is 0.226 e. The van der Waals surface area contributed by atoms with Crippen LogP contribution >= 0.6 is 11.3 Å². The maximum absolute atomic E-state index is 12.5. The van der Waals surface area contributed by atoms with Gasteiger partial charge in [-0.25, -0.2) is 4.98 Å². The van der Waals surface area contributed by atoms with Gasteiger partial charge in [0.15, 0.2) is 5.82 Å². The van der Waals surface area contributed by atoms with Crippen LogP contribution in [-0.2, 0) is 17.6 Å². The van der Waals surface area contributed by atoms with E-state index in [0.29, 0.717) is 24.7 Å². The molecule has 2 aromatic heterocycles. The second kappa shape index (κ2) is 8.82. The van der Waals surface area contributed by atoms with Crippen molar-refractivity contribution in [1.82, 2.24) is 20.0 Å². The first-order chi connectivity index (χ1) is 13.7. The SMILES string of the molecule is CCCc1noc(CCCC(=O)N2CCC(c3nc4ccccc4s3)CC2)n1. The van der Waals surface area contributed by atoms with Crippen molar-refractivity contribution in [2.45, 2.75) is 57.8 Å². The van der Waals surface area contributed by atoms with Crippen LogP contribution in [0, 0.1) is 0 Å². The minimum atomic E-state index is 0.232. The van der Waals surface area contributed by atoms with E-state index in [9.17, 15) is 4.79 Å². The molecule has 0 saturated carbocycles. The van der Waals surface area contributed by atoms with Crippen LogP contribution in [0.5, 0.6) is 0 Å². The maximum atomic E-state index is 12.5. The highest BCUT2D eigenvalue weighted by molar-refractivity contribution is 7.18. The number of rotatable bonds is 7. The van der Waals surface area contributed by atoms with Gasteiger partial charge in [0.1, 0.15) is 0 Å². The summed E-state index contributed by atoms with van der Waals surface area (Å²) in [5.41, 5.74) is 1.09. The fourth-order valence-corrected chi connectivity index (χ4v) is 4.84. The molecule has 1 fully saturated rings. The molecule has 1 aliphatic heterocycles. The lowest BCUT2D eigenvalue weighted by molar-refractivity contribution is -0.132. The zero-order valence-electron chi connectivity index (χ0n) is 16.3. The summed E-state index contributed by atoms with van der Waals surface area (Å²) in [4.78, 5) is 23.7. The van der Waals surface area contributed by atoms with Gasteiger partial charge in [0.05, 0.1) is 15.2 Å². The van der Waals surface area contributed by atoms with Gasteiger partial charge >= 0.3 is 0 Å². The normalized spacial score (nSPS) is 15.4. The minimum absolute atomic E-state index is 0.232. The average molecular weight is 399 g/mol. The molecular formula is C21H26N4O2S. The Hall–Kier alpha value is -2.28. The fourth-order valence-electron chi connectivity index (χ4n) is 3.71. The van der Waals surface area contributed by atoms with E-state index in [1.165, 1.54) is 9.71 Å². The smallest absolute Gasteiger partial charge is 0.226 e. The van der Waals surface area contributed by atoms with E-state index in [0.717, 1.165) is 56.5 Å². The highest BCUT2D eigenvalue weighted by atomic mass is 32.1. The van der Waals surface area contributed by atoms with Gasteiger partial charge in [0.25, 0.3) is 0 Å². The zero-order chi connectivity index (χ0) is 19.3. The quantitative estimate of drug-likeness (QED) is 0.591. The number of likely N-dealkylation sites (tertiary alicyclic amines) is 1. The van der Waals surface area contributed by atoms with Crippen LogP contribution in [0.4, 0.5) is 0 Å². The Kier molecular flexibility index (Phi) is 6.00. The summed E-state index contributed by atoms with van der Waals surface area (Å²) in [7, 11) is 0. The number of hydrogen-bond acceptors (Lipinski definition) is 6. The monoisotopic (exact) mass is 398 g/mol. The summed E-state index contributed by atoms with van der Waals surface area (Å²) in [6.45, 7) is 3.73. The number of aryl methyl sites for hydroxylation is 2. The third kappa shape index (κ3) is 4.41. The highest BCUT2D eigenvalue weighted by Crippen LogP contribution is 2.33. The first-order valence-electron chi connectivity index (χ1n) is 10.2. The second-order valence-corrected chi connectivity index (χ2v) is 8.45. The summed E-state index contributed by atoms with van der Waals surface area (Å²) in [6.07, 6.45) is 5.80. The van der Waals surface area contributed by atoms with E-state index in [4.69, 9.17) is 9.51 Å². The highest BCUT2D eigenvalue weighted by Gasteiger charge is 2.25. The number of amides is 1. The Balaban J connectivity index is 1.23. The lowest BCUT2D eigenvalue weighted by atomic mass is 9.97. The van der Waals surface area contributed by atoms with Crippen LogP contribution in [0.2, 0.25) is 0 Å². The zero-order valence-corrected chi connectivity index (χ0v) is 17.1. The molecule has 0 radical (unpaired) electrons. The molecule has 4 rings (SSSR count). The van der Waals surface area contributed by atoms with Gasteiger partial charge < -0.3 is 9.42 Å². The second-order valence-electron chi connectivity index (χ2n) is 7.38. The van der Waals surface area contributed by atoms with Crippen LogP contribution < -0.4 is 0 Å². The number of piperidine rings is 1. The molecule has 1 aliphatic rings. The molecular weight excluding hydrogens is 372 g/mol. The Morgan fingerprint density at radius 3 is 2.82 bits per heavy atom. The van der Waals surface area contributed by atoms with E-state index in [1.54, 1.807) is 11.3 Å². The molecule has 6 nitrogen and oxygen atoms in total. The van der Waals surface area contributed by atoms with Crippen molar-refractivity contribution in [2.75, 3.05) is 13.1 Å². The van der Waals surface area contributed by atoms with Gasteiger partial charge in [-0.1, -0.05) is 24.2 Å². The molecule has 0 spiro atoms. The molecule has 3 aromatic rings. The van der Waals surface area contributed by atoms with Gasteiger partial charge in [0, 0.05) is 38.3 Å². The van der Waals surface area contributed by atoms with E-state index in [2.05, 4.69) is 35.3 Å². The average Bonchev–Trinajstić information content (AvgIpc) is 3.35. The van der Waals surface area contributed by atoms with E-state index in [-0.39, 0.29) is 5.91 Å². The molecule has 0 atom stereocenters. The lowest BCUT2D eigenvalue weighted by Gasteiger charge is -2.31. The molecule has 1 saturated heterocycles. The number of benzene rings is 1. The molecule has 3 heterocycles. The minimum Gasteiger partial charge on any atom is -0.343 e. The van der Waals surface area contributed by atoms with Crippen molar-refractivity contribution in [3.63, 3.8) is 0 Å². The predicted molar refractivity (Wildman–Crippen MR) is 109 cm³/mol. The molecule has 148 valence electrons. The van der Waals surface area contributed by atoms with Crippen molar-refractivity contribution in [2.24, 2.45) is 0 Å². The Morgan fingerprint density at radius 2 is 2.04 bits per heavy atom. The van der Waals surface area contributed by atoms with Crippen molar-refractivity contribution in [3.05, 3.63) is 41.0 Å². The Labute approximate surface area is 169 Å². The molecule has 7 heteroatoms. The van der Waals surface area contributed by atoms with Gasteiger partial charge in [0.2, 0.25) is 11.8 Å². The largest absolute Gasteiger partial charge is 0.343 e. The molecule has 0 unspecified atom stereocenters. The van der Waals surface area contributed by atoms with Gasteiger partial charge in [-0.3, -0.25) is 4.79 Å². The standard InChI is InChI=1S/C21H26N4O2S/c1-2-6-18-23-19(27-24-18)9-5-10-20(26)25-13-11-15(12-14-25)21-22-16-7-3-4-8-17(16)28-21/h3-4,7-8,15H,2,5-6,9-14H2,1H3. The number of carbonyl (C=O) groups is 1. The summed E-state index contributed by atoms with van der Waals surface area (Å²) in [5, 5.41) is 5.18. The van der Waals surface area contributed by atoms with E-state index < -0.39 is 0 Å². The number of thiazole rings is 1. The molecule has 0 aliphatic carbocycles.